The number of alkyl halides is 3. The molecule has 140 valence electrons. The highest BCUT2D eigenvalue weighted by molar-refractivity contribution is 9.10. The standard InChI is InChI=1S/C15H7BrF7NO2/c1-4-2-7(25)6(24-14(26)15(16,22)23)3-5(4)8-9(17)11(19)13(21)12(20)10(8)18/h2-3,25H,1H3,(H,24,26). The van der Waals surface area contributed by atoms with Gasteiger partial charge >= 0.3 is 10.7 Å². The van der Waals surface area contributed by atoms with Gasteiger partial charge in [0.15, 0.2) is 23.3 Å². The van der Waals surface area contributed by atoms with Crippen LogP contribution in [0.15, 0.2) is 12.1 Å². The van der Waals surface area contributed by atoms with Gasteiger partial charge in [-0.3, -0.25) is 4.79 Å². The van der Waals surface area contributed by atoms with Gasteiger partial charge in [-0.05, 0) is 30.2 Å². The van der Waals surface area contributed by atoms with E-state index in [0.717, 1.165) is 13.0 Å². The number of nitrogens with one attached hydrogen (secondary N) is 1. The second kappa shape index (κ2) is 6.78. The largest absolute Gasteiger partial charge is 0.506 e. The SMILES string of the molecule is Cc1cc(O)c(NC(=O)C(F)(F)Br)cc1-c1c(F)c(F)c(F)c(F)c1F. The summed E-state index contributed by atoms with van der Waals surface area (Å²) in [6.45, 7) is 1.16. The molecule has 11 heteroatoms. The maximum Gasteiger partial charge on any atom is 0.378 e. The Morgan fingerprint density at radius 3 is 1.92 bits per heavy atom. The van der Waals surface area contributed by atoms with E-state index >= 15 is 0 Å². The Balaban J connectivity index is 2.70. The van der Waals surface area contributed by atoms with Gasteiger partial charge in [-0.1, -0.05) is 0 Å². The molecule has 0 aliphatic rings. The van der Waals surface area contributed by atoms with Crippen LogP contribution in [0.3, 0.4) is 0 Å². The van der Waals surface area contributed by atoms with Crippen molar-refractivity contribution in [2.75, 3.05) is 5.32 Å². The Labute approximate surface area is 149 Å². The van der Waals surface area contributed by atoms with Gasteiger partial charge in [0.1, 0.15) is 5.75 Å². The fourth-order valence-electron chi connectivity index (χ4n) is 2.10. The highest BCUT2D eigenvalue weighted by atomic mass is 79.9. The fourth-order valence-corrected chi connectivity index (χ4v) is 2.20. The molecule has 0 aromatic heterocycles. The van der Waals surface area contributed by atoms with Crippen LogP contribution >= 0.6 is 15.9 Å². The molecule has 3 nitrogen and oxygen atoms in total. The molecule has 0 atom stereocenters. The molecule has 0 saturated heterocycles. The van der Waals surface area contributed by atoms with Crippen molar-refractivity contribution in [1.82, 2.24) is 0 Å². The maximum absolute atomic E-state index is 14.0. The van der Waals surface area contributed by atoms with Crippen LogP contribution in [0.25, 0.3) is 11.1 Å². The lowest BCUT2D eigenvalue weighted by atomic mass is 9.97. The number of halogens is 8. The number of hydrogen-bond donors (Lipinski definition) is 2. The van der Waals surface area contributed by atoms with Crippen molar-refractivity contribution in [2.45, 2.75) is 11.8 Å². The van der Waals surface area contributed by atoms with Crippen LogP contribution < -0.4 is 5.32 Å². The number of benzene rings is 2. The first-order valence-electron chi connectivity index (χ1n) is 6.59. The topological polar surface area (TPSA) is 49.3 Å². The summed E-state index contributed by atoms with van der Waals surface area (Å²) in [5.74, 6) is -13.8. The average molecular weight is 446 g/mol. The van der Waals surface area contributed by atoms with Crippen LogP contribution in [-0.4, -0.2) is 15.8 Å². The van der Waals surface area contributed by atoms with Crippen LogP contribution in [-0.2, 0) is 4.79 Å². The van der Waals surface area contributed by atoms with E-state index in [2.05, 4.69) is 0 Å². The molecule has 26 heavy (non-hydrogen) atoms. The fraction of sp³-hybridized carbons (Fsp3) is 0.133. The molecule has 0 unspecified atom stereocenters. The van der Waals surface area contributed by atoms with E-state index in [-0.39, 0.29) is 5.56 Å². The Hall–Kier alpha value is -2.30. The van der Waals surface area contributed by atoms with Gasteiger partial charge in [-0.2, -0.15) is 8.78 Å². The van der Waals surface area contributed by atoms with E-state index in [0.29, 0.717) is 6.07 Å². The summed E-state index contributed by atoms with van der Waals surface area (Å²) in [7, 11) is 0. The number of hydrogen-bond acceptors (Lipinski definition) is 2. The third-order valence-corrected chi connectivity index (χ3v) is 3.69. The molecule has 0 saturated carbocycles. The van der Waals surface area contributed by atoms with Gasteiger partial charge in [0, 0.05) is 15.9 Å². The Morgan fingerprint density at radius 2 is 1.46 bits per heavy atom. The van der Waals surface area contributed by atoms with Gasteiger partial charge in [0.2, 0.25) is 5.82 Å². The summed E-state index contributed by atoms with van der Waals surface area (Å²) in [5.41, 5.74) is -2.81. The van der Waals surface area contributed by atoms with Crippen molar-refractivity contribution in [1.29, 1.82) is 0 Å². The van der Waals surface area contributed by atoms with Gasteiger partial charge in [-0.15, -0.1) is 0 Å². The highest BCUT2D eigenvalue weighted by Gasteiger charge is 2.36. The molecule has 0 fully saturated rings. The smallest absolute Gasteiger partial charge is 0.378 e. The first-order chi connectivity index (χ1) is 11.9. The molecule has 0 aliphatic heterocycles. The van der Waals surface area contributed by atoms with E-state index in [1.165, 1.54) is 0 Å². The summed E-state index contributed by atoms with van der Waals surface area (Å²) >= 11 is 1.77. The van der Waals surface area contributed by atoms with E-state index in [1.807, 2.05) is 0 Å². The van der Waals surface area contributed by atoms with Crippen molar-refractivity contribution in [3.63, 3.8) is 0 Å². The predicted molar refractivity (Wildman–Crippen MR) is 80.6 cm³/mol. The third kappa shape index (κ3) is 3.48. The minimum atomic E-state index is -4.03. The van der Waals surface area contributed by atoms with Crippen LogP contribution in [0.1, 0.15) is 5.56 Å². The normalized spacial score (nSPS) is 11.6. The number of phenols is 1. The molecule has 1 amide bonds. The molecule has 2 aromatic carbocycles. The van der Waals surface area contributed by atoms with E-state index in [9.17, 15) is 40.6 Å². The first-order valence-corrected chi connectivity index (χ1v) is 7.39. The summed E-state index contributed by atoms with van der Waals surface area (Å²) in [4.78, 5) is 7.24. The number of carbonyl (C=O) groups excluding carboxylic acids is 1. The van der Waals surface area contributed by atoms with E-state index in [4.69, 9.17) is 0 Å². The quantitative estimate of drug-likeness (QED) is 0.230. The lowest BCUT2D eigenvalue weighted by molar-refractivity contribution is -0.128. The average Bonchev–Trinajstić information content (AvgIpc) is 2.54. The van der Waals surface area contributed by atoms with Crippen molar-refractivity contribution in [3.8, 4) is 16.9 Å². The maximum atomic E-state index is 14.0. The number of amides is 1. The number of rotatable bonds is 3. The minimum Gasteiger partial charge on any atom is -0.506 e. The Kier molecular flexibility index (Phi) is 5.22. The van der Waals surface area contributed by atoms with Crippen molar-refractivity contribution in [2.24, 2.45) is 0 Å². The second-order valence-corrected chi connectivity index (χ2v) is 6.08. The van der Waals surface area contributed by atoms with Crippen molar-refractivity contribution in [3.05, 3.63) is 46.8 Å². The van der Waals surface area contributed by atoms with Gasteiger partial charge in [0.25, 0.3) is 0 Å². The van der Waals surface area contributed by atoms with E-state index < -0.39 is 62.4 Å². The zero-order valence-electron chi connectivity index (χ0n) is 12.5. The number of aromatic hydroxyl groups is 1. The Morgan fingerprint density at radius 1 is 1.00 bits per heavy atom. The van der Waals surface area contributed by atoms with Gasteiger partial charge in [0.05, 0.1) is 11.3 Å². The number of carbonyl (C=O) groups is 1. The number of anilines is 1. The third-order valence-electron chi connectivity index (χ3n) is 3.33. The molecule has 0 radical (unpaired) electrons. The summed E-state index contributed by atoms with van der Waals surface area (Å²) in [6.07, 6.45) is 0. The molecular formula is C15H7BrF7NO2. The van der Waals surface area contributed by atoms with Crippen molar-refractivity contribution < 1.29 is 40.6 Å². The zero-order valence-corrected chi connectivity index (χ0v) is 14.1. The highest BCUT2D eigenvalue weighted by Crippen LogP contribution is 2.38. The predicted octanol–water partition coefficient (Wildman–Crippen LogP) is 4.99. The van der Waals surface area contributed by atoms with Crippen molar-refractivity contribution >= 4 is 27.5 Å². The first kappa shape index (κ1) is 20.0. The summed E-state index contributed by atoms with van der Waals surface area (Å²) < 4.78 is 93.6. The number of aryl methyl sites for hydroxylation is 1. The summed E-state index contributed by atoms with van der Waals surface area (Å²) in [5, 5.41) is 11.3. The summed E-state index contributed by atoms with van der Waals surface area (Å²) in [6, 6.07) is 1.41. The van der Waals surface area contributed by atoms with Gasteiger partial charge < -0.3 is 10.4 Å². The minimum absolute atomic E-state index is 0.144. The lowest BCUT2D eigenvalue weighted by Crippen LogP contribution is -2.28. The molecule has 0 bridgehead atoms. The molecule has 0 spiro atoms. The monoisotopic (exact) mass is 445 g/mol. The second-order valence-electron chi connectivity index (χ2n) is 5.08. The molecule has 0 heterocycles. The Bertz CT molecular complexity index is 883. The molecule has 0 aliphatic carbocycles. The molecule has 2 N–H and O–H groups in total. The van der Waals surface area contributed by atoms with Crippen LogP contribution in [0.2, 0.25) is 0 Å². The van der Waals surface area contributed by atoms with Gasteiger partial charge in [-0.25, -0.2) is 22.0 Å². The molecular weight excluding hydrogens is 439 g/mol. The van der Waals surface area contributed by atoms with Crippen LogP contribution in [0, 0.1) is 36.0 Å². The van der Waals surface area contributed by atoms with E-state index in [1.54, 1.807) is 21.2 Å². The van der Waals surface area contributed by atoms with Crippen LogP contribution in [0.5, 0.6) is 5.75 Å². The zero-order chi connectivity index (χ0) is 20.0. The molecule has 2 aromatic rings. The molecule has 2 rings (SSSR count). The lowest BCUT2D eigenvalue weighted by Gasteiger charge is -2.15. The van der Waals surface area contributed by atoms with Crippen LogP contribution in [0.4, 0.5) is 36.4 Å². The number of phenolic OH excluding ortho intramolecular Hbond substituents is 1.